The number of aryl methyl sites for hydroxylation is 2. The first-order valence-electron chi connectivity index (χ1n) is 3.43. The Bertz CT molecular complexity index is 294. The van der Waals surface area contributed by atoms with Gasteiger partial charge < -0.3 is 4.74 Å². The highest BCUT2D eigenvalue weighted by Gasteiger charge is 1.96. The molecule has 0 fully saturated rings. The van der Waals surface area contributed by atoms with Crippen LogP contribution in [0.1, 0.15) is 11.1 Å². The lowest BCUT2D eigenvalue weighted by molar-refractivity contribution is 0.516. The quantitative estimate of drug-likeness (QED) is 0.552. The Morgan fingerprint density at radius 3 is 2.64 bits per heavy atom. The Morgan fingerprint density at radius 1 is 1.36 bits per heavy atom. The van der Waals surface area contributed by atoms with E-state index in [1.807, 2.05) is 32.0 Å². The van der Waals surface area contributed by atoms with Crippen LogP contribution in [0.2, 0.25) is 0 Å². The molecule has 0 saturated heterocycles. The van der Waals surface area contributed by atoms with E-state index in [0.29, 0.717) is 0 Å². The summed E-state index contributed by atoms with van der Waals surface area (Å²) >= 11 is 0. The van der Waals surface area contributed by atoms with E-state index in [4.69, 9.17) is 11.2 Å². The van der Waals surface area contributed by atoms with Crippen LogP contribution < -0.4 is 4.74 Å². The van der Waals surface area contributed by atoms with Gasteiger partial charge in [-0.25, -0.2) is 0 Å². The van der Waals surface area contributed by atoms with E-state index in [1.54, 1.807) is 0 Å². The summed E-state index contributed by atoms with van der Waals surface area (Å²) in [6, 6.07) is 5.89. The zero-order chi connectivity index (χ0) is 8.27. The maximum Gasteiger partial charge on any atom is 0.143 e. The number of rotatable bonds is 1. The summed E-state index contributed by atoms with van der Waals surface area (Å²) in [4.78, 5) is 0. The summed E-state index contributed by atoms with van der Waals surface area (Å²) in [7, 11) is 0. The van der Waals surface area contributed by atoms with Crippen molar-refractivity contribution in [3.63, 3.8) is 0 Å². The molecule has 0 amide bonds. The minimum absolute atomic E-state index is 0.762. The van der Waals surface area contributed by atoms with Crippen LogP contribution in [-0.2, 0) is 0 Å². The van der Waals surface area contributed by atoms with Crippen LogP contribution in [0.15, 0.2) is 18.2 Å². The maximum atomic E-state index is 5.00. The van der Waals surface area contributed by atoms with Crippen molar-refractivity contribution in [3.8, 4) is 18.3 Å². The average Bonchev–Trinajstić information content (AvgIpc) is 1.95. The fraction of sp³-hybridized carbons (Fsp3) is 0.200. The van der Waals surface area contributed by atoms with Crippen molar-refractivity contribution in [2.24, 2.45) is 0 Å². The van der Waals surface area contributed by atoms with Gasteiger partial charge in [0.1, 0.15) is 11.9 Å². The minimum atomic E-state index is 0.762. The molecule has 11 heavy (non-hydrogen) atoms. The Kier molecular flexibility index (Phi) is 2.18. The van der Waals surface area contributed by atoms with Crippen LogP contribution in [0.25, 0.3) is 0 Å². The van der Waals surface area contributed by atoms with Gasteiger partial charge in [-0.15, -0.1) is 0 Å². The van der Waals surface area contributed by atoms with Crippen molar-refractivity contribution in [1.82, 2.24) is 0 Å². The van der Waals surface area contributed by atoms with Crippen LogP contribution in [0.4, 0.5) is 0 Å². The molecule has 0 bridgehead atoms. The number of terminal acetylenes is 1. The fourth-order valence-electron chi connectivity index (χ4n) is 0.977. The summed E-state index contributed by atoms with van der Waals surface area (Å²) in [5, 5.41) is 0. The van der Waals surface area contributed by atoms with Crippen molar-refractivity contribution in [2.75, 3.05) is 0 Å². The first-order chi connectivity index (χ1) is 5.24. The van der Waals surface area contributed by atoms with E-state index in [2.05, 4.69) is 6.11 Å². The average molecular weight is 146 g/mol. The van der Waals surface area contributed by atoms with E-state index in [0.717, 1.165) is 11.3 Å². The zero-order valence-corrected chi connectivity index (χ0v) is 6.72. The smallest absolute Gasteiger partial charge is 0.143 e. The highest BCUT2D eigenvalue weighted by molar-refractivity contribution is 5.36. The van der Waals surface area contributed by atoms with Crippen LogP contribution in [0, 0.1) is 26.4 Å². The molecule has 56 valence electrons. The van der Waals surface area contributed by atoms with Gasteiger partial charge in [0.05, 0.1) is 0 Å². The predicted molar refractivity (Wildman–Crippen MR) is 45.4 cm³/mol. The van der Waals surface area contributed by atoms with Crippen molar-refractivity contribution in [1.29, 1.82) is 0 Å². The minimum Gasteiger partial charge on any atom is -0.408 e. The molecule has 1 aromatic carbocycles. The van der Waals surface area contributed by atoms with Gasteiger partial charge in [0, 0.05) is 0 Å². The second-order valence-corrected chi connectivity index (χ2v) is 2.49. The van der Waals surface area contributed by atoms with E-state index >= 15 is 0 Å². The van der Waals surface area contributed by atoms with E-state index < -0.39 is 0 Å². The van der Waals surface area contributed by atoms with Crippen LogP contribution in [0.5, 0.6) is 5.75 Å². The Hall–Kier alpha value is -1.42. The molecule has 0 heterocycles. The number of hydrogen-bond donors (Lipinski definition) is 0. The van der Waals surface area contributed by atoms with Crippen LogP contribution >= 0.6 is 0 Å². The molecule has 1 nitrogen and oxygen atoms in total. The van der Waals surface area contributed by atoms with E-state index in [9.17, 15) is 0 Å². The predicted octanol–water partition coefficient (Wildman–Crippen LogP) is 2.27. The van der Waals surface area contributed by atoms with Crippen molar-refractivity contribution >= 4 is 0 Å². The molecule has 0 aliphatic rings. The second kappa shape index (κ2) is 3.12. The normalized spacial score (nSPS) is 8.82. The van der Waals surface area contributed by atoms with E-state index in [1.165, 1.54) is 5.56 Å². The Morgan fingerprint density at radius 2 is 2.09 bits per heavy atom. The molecule has 0 aliphatic carbocycles. The molecule has 0 spiro atoms. The van der Waals surface area contributed by atoms with Gasteiger partial charge in [-0.2, -0.15) is 0 Å². The number of benzene rings is 1. The van der Waals surface area contributed by atoms with E-state index in [-0.39, 0.29) is 0 Å². The molecule has 0 aliphatic heterocycles. The summed E-state index contributed by atoms with van der Waals surface area (Å²) < 4.78 is 4.92. The van der Waals surface area contributed by atoms with Crippen molar-refractivity contribution in [3.05, 3.63) is 29.3 Å². The standard InChI is InChI=1S/C10H10O/c1-4-11-10-6-5-8(2)7-9(10)3/h1,5-7H,2-3H3. The highest BCUT2D eigenvalue weighted by Crippen LogP contribution is 2.17. The molecule has 1 rings (SSSR count). The third-order valence-electron chi connectivity index (χ3n) is 1.50. The maximum absolute atomic E-state index is 5.00. The van der Waals surface area contributed by atoms with Gasteiger partial charge in [0.15, 0.2) is 0 Å². The molecule has 0 unspecified atom stereocenters. The summed E-state index contributed by atoms with van der Waals surface area (Å²) in [6.45, 7) is 4.01. The van der Waals surface area contributed by atoms with Gasteiger partial charge in [-0.05, 0) is 25.5 Å². The molecule has 0 radical (unpaired) electrons. The monoisotopic (exact) mass is 146 g/mol. The topological polar surface area (TPSA) is 9.23 Å². The third-order valence-corrected chi connectivity index (χ3v) is 1.50. The van der Waals surface area contributed by atoms with Gasteiger partial charge in [0.2, 0.25) is 0 Å². The Balaban J connectivity index is 3.01. The first kappa shape index (κ1) is 7.68. The number of ether oxygens (including phenoxy) is 1. The second-order valence-electron chi connectivity index (χ2n) is 2.49. The first-order valence-corrected chi connectivity index (χ1v) is 3.43. The molecule has 0 aromatic heterocycles. The fourth-order valence-corrected chi connectivity index (χ4v) is 0.977. The van der Waals surface area contributed by atoms with Gasteiger partial charge in [-0.3, -0.25) is 0 Å². The lowest BCUT2D eigenvalue weighted by Gasteiger charge is -2.01. The molecule has 0 atom stereocenters. The summed E-state index contributed by atoms with van der Waals surface area (Å²) in [5.41, 5.74) is 2.29. The summed E-state index contributed by atoms with van der Waals surface area (Å²) in [6.07, 6.45) is 7.14. The number of hydrogen-bond acceptors (Lipinski definition) is 1. The molecule has 0 N–H and O–H groups in total. The zero-order valence-electron chi connectivity index (χ0n) is 6.72. The third kappa shape index (κ3) is 1.75. The molecular weight excluding hydrogens is 136 g/mol. The highest BCUT2D eigenvalue weighted by atomic mass is 16.5. The SMILES string of the molecule is C#COc1ccc(C)cc1C. The molecule has 1 heteroatoms. The molecule has 1 aromatic rings. The molecular formula is C10H10O. The largest absolute Gasteiger partial charge is 0.408 e. The van der Waals surface area contributed by atoms with Crippen LogP contribution in [-0.4, -0.2) is 0 Å². The van der Waals surface area contributed by atoms with Gasteiger partial charge >= 0.3 is 0 Å². The van der Waals surface area contributed by atoms with Crippen molar-refractivity contribution < 1.29 is 4.74 Å². The van der Waals surface area contributed by atoms with Gasteiger partial charge in [0.25, 0.3) is 0 Å². The Labute approximate surface area is 67.0 Å². The lowest BCUT2D eigenvalue weighted by Crippen LogP contribution is -1.86. The lowest BCUT2D eigenvalue weighted by atomic mass is 10.1. The van der Waals surface area contributed by atoms with Crippen LogP contribution in [0.3, 0.4) is 0 Å². The van der Waals surface area contributed by atoms with Crippen molar-refractivity contribution in [2.45, 2.75) is 13.8 Å². The summed E-state index contributed by atoms with van der Waals surface area (Å²) in [5.74, 6) is 0.762. The molecule has 0 saturated carbocycles. The van der Waals surface area contributed by atoms with Gasteiger partial charge in [-0.1, -0.05) is 24.1 Å².